The Labute approximate surface area is 108 Å². The Morgan fingerprint density at radius 2 is 1.94 bits per heavy atom. The fraction of sp³-hybridized carbons (Fsp3) is 0.533. The summed E-state index contributed by atoms with van der Waals surface area (Å²) in [5.74, 6) is 0.909. The molecule has 0 atom stereocenters. The molecule has 1 aliphatic carbocycles. The molecule has 0 saturated heterocycles. The van der Waals surface area contributed by atoms with Gasteiger partial charge in [-0.1, -0.05) is 6.92 Å². The lowest BCUT2D eigenvalue weighted by atomic mass is 9.75. The van der Waals surface area contributed by atoms with Crippen molar-refractivity contribution in [3.05, 3.63) is 29.8 Å². The summed E-state index contributed by atoms with van der Waals surface area (Å²) in [6.07, 6.45) is 3.71. The molecule has 0 unspecified atom stereocenters. The van der Waals surface area contributed by atoms with Crippen LogP contribution in [0, 0.1) is 0 Å². The van der Waals surface area contributed by atoms with Crippen LogP contribution in [0.15, 0.2) is 24.3 Å². The number of hydrogen-bond donors (Lipinski definition) is 0. The third-order valence-corrected chi connectivity index (χ3v) is 3.56. The van der Waals surface area contributed by atoms with Gasteiger partial charge in [0.15, 0.2) is 5.78 Å². The number of carbonyl (C=O) groups excluding carboxylic acids is 1. The largest absolute Gasteiger partial charge is 0.494 e. The van der Waals surface area contributed by atoms with Gasteiger partial charge in [-0.2, -0.15) is 0 Å². The molecule has 1 fully saturated rings. The quantitative estimate of drug-likeness (QED) is 0.725. The van der Waals surface area contributed by atoms with E-state index in [1.54, 1.807) is 7.11 Å². The minimum absolute atomic E-state index is 0.0956. The van der Waals surface area contributed by atoms with Crippen LogP contribution in [0.1, 0.15) is 43.0 Å². The highest BCUT2D eigenvalue weighted by Crippen LogP contribution is 2.38. The van der Waals surface area contributed by atoms with Crippen LogP contribution in [-0.4, -0.2) is 25.1 Å². The summed E-state index contributed by atoms with van der Waals surface area (Å²) in [7, 11) is 1.62. The van der Waals surface area contributed by atoms with Crippen LogP contribution in [0.5, 0.6) is 5.75 Å². The zero-order valence-electron chi connectivity index (χ0n) is 11.1. The van der Waals surface area contributed by atoms with Gasteiger partial charge in [0.1, 0.15) is 11.4 Å². The first-order valence-corrected chi connectivity index (χ1v) is 6.54. The highest BCUT2D eigenvalue weighted by atomic mass is 16.5. The van der Waals surface area contributed by atoms with E-state index >= 15 is 0 Å². The molecule has 18 heavy (non-hydrogen) atoms. The lowest BCUT2D eigenvalue weighted by Crippen LogP contribution is -2.47. The lowest BCUT2D eigenvalue weighted by Gasteiger charge is -2.38. The van der Waals surface area contributed by atoms with Gasteiger partial charge in [-0.25, -0.2) is 0 Å². The number of benzene rings is 1. The Hall–Kier alpha value is -1.35. The summed E-state index contributed by atoms with van der Waals surface area (Å²) < 4.78 is 10.9. The van der Waals surface area contributed by atoms with Gasteiger partial charge < -0.3 is 9.47 Å². The molecule has 0 aliphatic heterocycles. The van der Waals surface area contributed by atoms with Crippen molar-refractivity contribution < 1.29 is 14.3 Å². The zero-order valence-corrected chi connectivity index (χ0v) is 11.1. The first-order valence-electron chi connectivity index (χ1n) is 6.54. The van der Waals surface area contributed by atoms with E-state index in [1.165, 1.54) is 0 Å². The van der Waals surface area contributed by atoms with Crippen LogP contribution in [0.2, 0.25) is 0 Å². The maximum Gasteiger partial charge on any atom is 0.194 e. The van der Waals surface area contributed by atoms with E-state index in [-0.39, 0.29) is 5.78 Å². The number of hydrogen-bond acceptors (Lipinski definition) is 3. The van der Waals surface area contributed by atoms with Crippen LogP contribution < -0.4 is 4.74 Å². The van der Waals surface area contributed by atoms with Crippen LogP contribution in [0.4, 0.5) is 0 Å². The molecule has 3 nitrogen and oxygen atoms in total. The van der Waals surface area contributed by atoms with E-state index in [9.17, 15) is 4.79 Å². The monoisotopic (exact) mass is 248 g/mol. The maximum absolute atomic E-state index is 12.3. The van der Waals surface area contributed by atoms with Gasteiger partial charge in [-0.05, 0) is 49.9 Å². The van der Waals surface area contributed by atoms with E-state index in [1.807, 2.05) is 24.3 Å². The molecule has 1 saturated carbocycles. The second kappa shape index (κ2) is 5.53. The molecule has 98 valence electrons. The van der Waals surface area contributed by atoms with Crippen molar-refractivity contribution in [2.45, 2.75) is 38.2 Å². The lowest BCUT2D eigenvalue weighted by molar-refractivity contribution is -0.0448. The fourth-order valence-electron chi connectivity index (χ4n) is 2.21. The highest BCUT2D eigenvalue weighted by molar-refractivity contribution is 6.03. The first-order chi connectivity index (χ1) is 8.72. The van der Waals surface area contributed by atoms with Crippen LogP contribution in [-0.2, 0) is 4.74 Å². The molecule has 0 radical (unpaired) electrons. The zero-order chi connectivity index (χ0) is 13.0. The van der Waals surface area contributed by atoms with Crippen LogP contribution >= 0.6 is 0 Å². The molecule has 1 aromatic rings. The Bertz CT molecular complexity index is 399. The molecule has 3 heteroatoms. The van der Waals surface area contributed by atoms with Gasteiger partial charge in [0.2, 0.25) is 0 Å². The van der Waals surface area contributed by atoms with E-state index in [0.29, 0.717) is 12.2 Å². The van der Waals surface area contributed by atoms with Crippen molar-refractivity contribution in [2.24, 2.45) is 0 Å². The summed E-state index contributed by atoms with van der Waals surface area (Å²) in [5, 5.41) is 0. The summed E-state index contributed by atoms with van der Waals surface area (Å²) >= 11 is 0. The maximum atomic E-state index is 12.3. The third kappa shape index (κ3) is 2.41. The van der Waals surface area contributed by atoms with Crippen molar-refractivity contribution >= 4 is 5.78 Å². The Balaban J connectivity index is 2.07. The van der Waals surface area contributed by atoms with E-state index in [2.05, 4.69) is 6.92 Å². The second-order valence-corrected chi connectivity index (χ2v) is 4.75. The van der Waals surface area contributed by atoms with Gasteiger partial charge in [0.05, 0.1) is 6.61 Å². The fourth-order valence-corrected chi connectivity index (χ4v) is 2.21. The second-order valence-electron chi connectivity index (χ2n) is 4.75. The Morgan fingerprint density at radius 3 is 2.39 bits per heavy atom. The van der Waals surface area contributed by atoms with Crippen molar-refractivity contribution in [1.82, 2.24) is 0 Å². The third-order valence-electron chi connectivity index (χ3n) is 3.56. The van der Waals surface area contributed by atoms with Crippen molar-refractivity contribution in [2.75, 3.05) is 13.7 Å². The average Bonchev–Trinajstić information content (AvgIpc) is 2.36. The number of ether oxygens (including phenoxy) is 2. The Morgan fingerprint density at radius 1 is 1.28 bits per heavy atom. The molecule has 0 spiro atoms. The van der Waals surface area contributed by atoms with Crippen LogP contribution in [0.3, 0.4) is 0 Å². The number of rotatable bonds is 6. The molecular weight excluding hydrogens is 228 g/mol. The highest BCUT2D eigenvalue weighted by Gasteiger charge is 2.44. The summed E-state index contributed by atoms with van der Waals surface area (Å²) in [6, 6.07) is 7.36. The average molecular weight is 248 g/mol. The molecule has 1 aliphatic rings. The predicted molar refractivity (Wildman–Crippen MR) is 70.1 cm³/mol. The minimum atomic E-state index is -0.564. The van der Waals surface area contributed by atoms with E-state index < -0.39 is 5.60 Å². The molecule has 0 aromatic heterocycles. The van der Waals surface area contributed by atoms with E-state index in [0.717, 1.165) is 31.4 Å². The van der Waals surface area contributed by atoms with Crippen LogP contribution in [0.25, 0.3) is 0 Å². The summed E-state index contributed by atoms with van der Waals surface area (Å²) in [4.78, 5) is 12.3. The van der Waals surface area contributed by atoms with Crippen molar-refractivity contribution in [3.63, 3.8) is 0 Å². The first kappa shape index (κ1) is 13.1. The normalized spacial score (nSPS) is 17.0. The SMILES string of the molecule is CCCOc1ccc(C(=O)C2(OC)CCC2)cc1. The number of methoxy groups -OCH3 is 1. The molecule has 0 N–H and O–H groups in total. The molecule has 0 heterocycles. The molecule has 0 bridgehead atoms. The van der Waals surface area contributed by atoms with Gasteiger partial charge in [-0.15, -0.1) is 0 Å². The Kier molecular flexibility index (Phi) is 4.02. The molecule has 2 rings (SSSR count). The minimum Gasteiger partial charge on any atom is -0.494 e. The topological polar surface area (TPSA) is 35.5 Å². The van der Waals surface area contributed by atoms with Gasteiger partial charge in [0.25, 0.3) is 0 Å². The van der Waals surface area contributed by atoms with Gasteiger partial charge in [0, 0.05) is 12.7 Å². The molecule has 0 amide bonds. The van der Waals surface area contributed by atoms with Crippen molar-refractivity contribution in [3.8, 4) is 5.75 Å². The predicted octanol–water partition coefficient (Wildman–Crippen LogP) is 3.23. The standard InChI is InChI=1S/C15H20O3/c1-3-11-18-13-7-5-12(6-8-13)14(16)15(17-2)9-4-10-15/h5-8H,3-4,9-11H2,1-2H3. The smallest absolute Gasteiger partial charge is 0.194 e. The van der Waals surface area contributed by atoms with Gasteiger partial charge >= 0.3 is 0 Å². The summed E-state index contributed by atoms with van der Waals surface area (Å²) in [5.41, 5.74) is 0.145. The number of Topliss-reactive ketones (excluding diaryl/α,β-unsaturated/α-hetero) is 1. The number of carbonyl (C=O) groups is 1. The van der Waals surface area contributed by atoms with E-state index in [4.69, 9.17) is 9.47 Å². The van der Waals surface area contributed by atoms with Gasteiger partial charge in [-0.3, -0.25) is 4.79 Å². The summed E-state index contributed by atoms with van der Waals surface area (Å²) in [6.45, 7) is 2.77. The molecule has 1 aromatic carbocycles. The van der Waals surface area contributed by atoms with Crippen molar-refractivity contribution in [1.29, 1.82) is 0 Å². The molecular formula is C15H20O3. The number of ketones is 1.